The second-order valence-electron chi connectivity index (χ2n) is 4.01. The highest BCUT2D eigenvalue weighted by atomic mass is 16.1. The fourth-order valence-electron chi connectivity index (χ4n) is 1.56. The first kappa shape index (κ1) is 13.4. The number of carbonyl (C=O) groups is 1. The lowest BCUT2D eigenvalue weighted by Crippen LogP contribution is -1.94. The van der Waals surface area contributed by atoms with E-state index in [1.807, 2.05) is 0 Å². The summed E-state index contributed by atoms with van der Waals surface area (Å²) >= 11 is 0. The van der Waals surface area contributed by atoms with Crippen LogP contribution in [0.2, 0.25) is 0 Å². The fourth-order valence-corrected chi connectivity index (χ4v) is 1.56. The maximum atomic E-state index is 10.1. The van der Waals surface area contributed by atoms with E-state index in [0.29, 0.717) is 0 Å². The first-order valence-electron chi connectivity index (χ1n) is 5.89. The molecular formula is C13H24O. The van der Waals surface area contributed by atoms with Crippen molar-refractivity contribution in [2.45, 2.75) is 58.8 Å². The summed E-state index contributed by atoms with van der Waals surface area (Å²) in [5.74, 6) is 0.782. The second kappa shape index (κ2) is 10.5. The first-order chi connectivity index (χ1) is 6.81. The summed E-state index contributed by atoms with van der Waals surface area (Å²) in [7, 11) is 0. The standard InChI is InChI=1S/C13H24O/c1-3-4-5-6-7-10-13(2)11-8-9-12-14/h4-5,12-13H,3,6-11H2,1-2H3. The van der Waals surface area contributed by atoms with E-state index < -0.39 is 0 Å². The quantitative estimate of drug-likeness (QED) is 0.308. The summed E-state index contributed by atoms with van der Waals surface area (Å²) in [4.78, 5) is 10.1. The summed E-state index contributed by atoms with van der Waals surface area (Å²) in [5, 5.41) is 0. The maximum Gasteiger partial charge on any atom is 0.119 e. The lowest BCUT2D eigenvalue weighted by atomic mass is 9.98. The third-order valence-electron chi connectivity index (χ3n) is 2.49. The van der Waals surface area contributed by atoms with Gasteiger partial charge in [0.05, 0.1) is 0 Å². The van der Waals surface area contributed by atoms with E-state index >= 15 is 0 Å². The molecule has 0 bridgehead atoms. The van der Waals surface area contributed by atoms with Crippen molar-refractivity contribution in [3.63, 3.8) is 0 Å². The number of unbranched alkanes of at least 4 members (excludes halogenated alkanes) is 2. The molecule has 0 aliphatic rings. The van der Waals surface area contributed by atoms with Gasteiger partial charge in [0, 0.05) is 6.42 Å². The zero-order valence-electron chi connectivity index (χ0n) is 9.67. The number of allylic oxidation sites excluding steroid dienone is 2. The van der Waals surface area contributed by atoms with Gasteiger partial charge in [-0.25, -0.2) is 0 Å². The summed E-state index contributed by atoms with van der Waals surface area (Å²) in [6.07, 6.45) is 13.5. The molecule has 0 N–H and O–H groups in total. The van der Waals surface area contributed by atoms with Crippen LogP contribution in [0.25, 0.3) is 0 Å². The van der Waals surface area contributed by atoms with Crippen LogP contribution in [0.3, 0.4) is 0 Å². The Balaban J connectivity index is 3.21. The molecule has 0 spiro atoms. The minimum absolute atomic E-state index is 0.736. The van der Waals surface area contributed by atoms with Crippen molar-refractivity contribution >= 4 is 6.29 Å². The third kappa shape index (κ3) is 9.50. The van der Waals surface area contributed by atoms with E-state index in [4.69, 9.17) is 0 Å². The fraction of sp³-hybridized carbons (Fsp3) is 0.769. The van der Waals surface area contributed by atoms with E-state index in [-0.39, 0.29) is 0 Å². The van der Waals surface area contributed by atoms with Crippen molar-refractivity contribution in [3.8, 4) is 0 Å². The van der Waals surface area contributed by atoms with Crippen molar-refractivity contribution in [2.75, 3.05) is 0 Å². The molecular weight excluding hydrogens is 172 g/mol. The number of carbonyl (C=O) groups excluding carboxylic acids is 1. The van der Waals surface area contributed by atoms with Crippen LogP contribution in [-0.2, 0) is 4.79 Å². The van der Waals surface area contributed by atoms with Crippen LogP contribution >= 0.6 is 0 Å². The van der Waals surface area contributed by atoms with Crippen LogP contribution in [0.1, 0.15) is 58.8 Å². The molecule has 0 aliphatic carbocycles. The zero-order chi connectivity index (χ0) is 10.6. The van der Waals surface area contributed by atoms with Gasteiger partial charge < -0.3 is 4.79 Å². The summed E-state index contributed by atoms with van der Waals surface area (Å²) in [6, 6.07) is 0. The van der Waals surface area contributed by atoms with Gasteiger partial charge in [-0.1, -0.05) is 38.8 Å². The smallest absolute Gasteiger partial charge is 0.119 e. The first-order valence-corrected chi connectivity index (χ1v) is 5.89. The molecule has 1 atom stereocenters. The summed E-state index contributed by atoms with van der Waals surface area (Å²) in [5.41, 5.74) is 0. The van der Waals surface area contributed by atoms with E-state index in [2.05, 4.69) is 26.0 Å². The van der Waals surface area contributed by atoms with Gasteiger partial charge in [-0.3, -0.25) is 0 Å². The molecule has 1 unspecified atom stereocenters. The molecule has 0 aliphatic heterocycles. The number of aldehydes is 1. The van der Waals surface area contributed by atoms with E-state index in [1.54, 1.807) is 0 Å². The largest absolute Gasteiger partial charge is 0.303 e. The topological polar surface area (TPSA) is 17.1 Å². The average Bonchev–Trinajstić information content (AvgIpc) is 2.18. The highest BCUT2D eigenvalue weighted by Crippen LogP contribution is 2.14. The lowest BCUT2D eigenvalue weighted by Gasteiger charge is -2.08. The summed E-state index contributed by atoms with van der Waals surface area (Å²) < 4.78 is 0. The highest BCUT2D eigenvalue weighted by Gasteiger charge is 2.00. The monoisotopic (exact) mass is 196 g/mol. The van der Waals surface area contributed by atoms with E-state index in [9.17, 15) is 4.79 Å². The van der Waals surface area contributed by atoms with Crippen molar-refractivity contribution in [2.24, 2.45) is 5.92 Å². The molecule has 0 rings (SSSR count). The molecule has 0 fully saturated rings. The molecule has 1 heteroatoms. The Kier molecular flexibility index (Phi) is 10.0. The minimum Gasteiger partial charge on any atom is -0.303 e. The van der Waals surface area contributed by atoms with Crippen LogP contribution in [0.4, 0.5) is 0 Å². The highest BCUT2D eigenvalue weighted by molar-refractivity contribution is 5.48. The van der Waals surface area contributed by atoms with Gasteiger partial charge in [-0.2, -0.15) is 0 Å². The molecule has 0 aromatic carbocycles. The molecule has 0 radical (unpaired) electrons. The van der Waals surface area contributed by atoms with Gasteiger partial charge in [0.15, 0.2) is 0 Å². The summed E-state index contributed by atoms with van der Waals surface area (Å²) in [6.45, 7) is 4.45. The second-order valence-corrected chi connectivity index (χ2v) is 4.01. The van der Waals surface area contributed by atoms with Gasteiger partial charge in [0.25, 0.3) is 0 Å². The number of hydrogen-bond acceptors (Lipinski definition) is 1. The van der Waals surface area contributed by atoms with Gasteiger partial charge in [-0.15, -0.1) is 0 Å². The van der Waals surface area contributed by atoms with Crippen molar-refractivity contribution in [1.82, 2.24) is 0 Å². The van der Waals surface area contributed by atoms with Gasteiger partial charge >= 0.3 is 0 Å². The Hall–Kier alpha value is -0.590. The molecule has 0 aromatic rings. The molecule has 82 valence electrons. The van der Waals surface area contributed by atoms with Crippen LogP contribution in [0.15, 0.2) is 12.2 Å². The van der Waals surface area contributed by atoms with Crippen LogP contribution in [0.5, 0.6) is 0 Å². The van der Waals surface area contributed by atoms with Gasteiger partial charge in [0.1, 0.15) is 6.29 Å². The Bertz CT molecular complexity index is 149. The Morgan fingerprint density at radius 1 is 1.07 bits per heavy atom. The van der Waals surface area contributed by atoms with Crippen LogP contribution in [0, 0.1) is 5.92 Å². The van der Waals surface area contributed by atoms with Crippen LogP contribution < -0.4 is 0 Å². The molecule has 0 saturated carbocycles. The van der Waals surface area contributed by atoms with E-state index in [1.165, 1.54) is 25.7 Å². The van der Waals surface area contributed by atoms with Gasteiger partial charge in [0.2, 0.25) is 0 Å². The third-order valence-corrected chi connectivity index (χ3v) is 2.49. The molecule has 0 amide bonds. The predicted molar refractivity (Wildman–Crippen MR) is 62.4 cm³/mol. The maximum absolute atomic E-state index is 10.1. The Labute approximate surface area is 88.6 Å². The van der Waals surface area contributed by atoms with E-state index in [0.717, 1.165) is 31.5 Å². The molecule has 14 heavy (non-hydrogen) atoms. The predicted octanol–water partition coefficient (Wildman–Crippen LogP) is 4.13. The normalized spacial score (nSPS) is 13.3. The van der Waals surface area contributed by atoms with Crippen LogP contribution in [-0.4, -0.2) is 6.29 Å². The van der Waals surface area contributed by atoms with Crippen molar-refractivity contribution < 1.29 is 4.79 Å². The Morgan fingerprint density at radius 3 is 2.29 bits per heavy atom. The molecule has 0 aromatic heterocycles. The van der Waals surface area contributed by atoms with Gasteiger partial charge in [-0.05, 0) is 31.6 Å². The Morgan fingerprint density at radius 2 is 1.71 bits per heavy atom. The SMILES string of the molecule is CCC=CCCCC(C)CCCC=O. The van der Waals surface area contributed by atoms with Crippen molar-refractivity contribution in [1.29, 1.82) is 0 Å². The molecule has 1 nitrogen and oxygen atoms in total. The number of rotatable bonds is 9. The molecule has 0 saturated heterocycles. The zero-order valence-corrected chi connectivity index (χ0v) is 9.67. The number of hydrogen-bond donors (Lipinski definition) is 0. The van der Waals surface area contributed by atoms with Crippen molar-refractivity contribution in [3.05, 3.63) is 12.2 Å². The molecule has 0 heterocycles. The minimum atomic E-state index is 0.736. The average molecular weight is 196 g/mol. The lowest BCUT2D eigenvalue weighted by molar-refractivity contribution is -0.107.